The topological polar surface area (TPSA) is 173 Å². The van der Waals surface area contributed by atoms with E-state index in [1.165, 1.54) is 0 Å². The molecule has 2 amide bonds. The van der Waals surface area contributed by atoms with Crippen molar-refractivity contribution in [2.45, 2.75) is 12.8 Å². The second-order valence-electron chi connectivity index (χ2n) is 5.22. The van der Waals surface area contributed by atoms with Crippen molar-refractivity contribution in [2.75, 3.05) is 26.3 Å². The van der Waals surface area contributed by atoms with Gasteiger partial charge in [-0.25, -0.2) is 9.59 Å². The van der Waals surface area contributed by atoms with E-state index in [1.807, 2.05) is 0 Å². The largest absolute Gasteiger partial charge is 0.478 e. The summed E-state index contributed by atoms with van der Waals surface area (Å²) < 4.78 is 0. The van der Waals surface area contributed by atoms with Crippen LogP contribution in [0.25, 0.3) is 0 Å². The van der Waals surface area contributed by atoms with Crippen molar-refractivity contribution in [1.82, 2.24) is 10.6 Å². The van der Waals surface area contributed by atoms with Gasteiger partial charge in [0.25, 0.3) is 11.8 Å². The smallest absolute Gasteiger partial charge is 0.336 e. The molecule has 0 saturated carbocycles. The number of aromatic carboxylic acids is 2. The first kappa shape index (κ1) is 21.1. The number of nitrogens with one attached hydrogen (secondary N) is 2. The molecular formula is C16H20N2O8. The standard InChI is InChI=1S/C16H20N2O8/c19-5-1-3-17-13(21)9-7-10(14(22)18-4-2-6-20)12(16(25)26)8-11(9)15(23)24/h7-8,19-20H,1-6H2,(H,17,21)(H,18,22)(H,23,24)(H,25,26). The molecule has 26 heavy (non-hydrogen) atoms. The third-order valence-corrected chi connectivity index (χ3v) is 3.35. The van der Waals surface area contributed by atoms with E-state index in [9.17, 15) is 29.4 Å². The van der Waals surface area contributed by atoms with Gasteiger partial charge in [-0.2, -0.15) is 0 Å². The zero-order chi connectivity index (χ0) is 19.7. The lowest BCUT2D eigenvalue weighted by Crippen LogP contribution is -2.30. The summed E-state index contributed by atoms with van der Waals surface area (Å²) in [5.74, 6) is -4.66. The summed E-state index contributed by atoms with van der Waals surface area (Å²) in [6, 6.07) is 1.67. The van der Waals surface area contributed by atoms with E-state index < -0.39 is 34.9 Å². The molecule has 142 valence electrons. The first-order valence-corrected chi connectivity index (χ1v) is 7.76. The maximum Gasteiger partial charge on any atom is 0.336 e. The van der Waals surface area contributed by atoms with E-state index in [0.29, 0.717) is 0 Å². The van der Waals surface area contributed by atoms with Gasteiger partial charge in [0.1, 0.15) is 0 Å². The van der Waals surface area contributed by atoms with E-state index in [2.05, 4.69) is 10.6 Å². The Hall–Kier alpha value is -2.98. The predicted octanol–water partition coefficient (Wildman–Crippen LogP) is -0.693. The van der Waals surface area contributed by atoms with Crippen LogP contribution in [0.3, 0.4) is 0 Å². The van der Waals surface area contributed by atoms with Crippen LogP contribution in [0.5, 0.6) is 0 Å². The Bertz CT molecular complexity index is 646. The van der Waals surface area contributed by atoms with Gasteiger partial charge >= 0.3 is 11.9 Å². The fraction of sp³-hybridized carbons (Fsp3) is 0.375. The first-order valence-electron chi connectivity index (χ1n) is 7.76. The number of amides is 2. The van der Waals surface area contributed by atoms with Crippen LogP contribution < -0.4 is 10.6 Å². The minimum Gasteiger partial charge on any atom is -0.478 e. The molecular weight excluding hydrogens is 348 g/mol. The van der Waals surface area contributed by atoms with Gasteiger partial charge in [-0.15, -0.1) is 0 Å². The van der Waals surface area contributed by atoms with Gasteiger partial charge in [0.15, 0.2) is 0 Å². The zero-order valence-electron chi connectivity index (χ0n) is 13.8. The van der Waals surface area contributed by atoms with Crippen molar-refractivity contribution in [3.05, 3.63) is 34.4 Å². The quantitative estimate of drug-likeness (QED) is 0.294. The highest BCUT2D eigenvalue weighted by Crippen LogP contribution is 2.18. The van der Waals surface area contributed by atoms with Crippen molar-refractivity contribution in [3.63, 3.8) is 0 Å². The highest BCUT2D eigenvalue weighted by molar-refractivity contribution is 6.11. The lowest BCUT2D eigenvalue weighted by atomic mass is 9.97. The summed E-state index contributed by atoms with van der Waals surface area (Å²) in [5, 5.41) is 40.7. The number of rotatable bonds is 10. The molecule has 0 aliphatic heterocycles. The highest BCUT2D eigenvalue weighted by atomic mass is 16.4. The Morgan fingerprint density at radius 2 is 1.04 bits per heavy atom. The van der Waals surface area contributed by atoms with Crippen molar-refractivity contribution in [2.24, 2.45) is 0 Å². The first-order chi connectivity index (χ1) is 12.3. The molecule has 0 atom stereocenters. The molecule has 10 heteroatoms. The molecule has 0 spiro atoms. The Morgan fingerprint density at radius 3 is 1.35 bits per heavy atom. The molecule has 1 aromatic carbocycles. The molecule has 0 unspecified atom stereocenters. The summed E-state index contributed by atoms with van der Waals surface area (Å²) >= 11 is 0. The third kappa shape index (κ3) is 5.53. The normalized spacial score (nSPS) is 10.2. The number of carboxylic acids is 2. The van der Waals surface area contributed by atoms with Gasteiger partial charge < -0.3 is 31.1 Å². The van der Waals surface area contributed by atoms with E-state index in [1.54, 1.807) is 0 Å². The molecule has 6 N–H and O–H groups in total. The van der Waals surface area contributed by atoms with Crippen LogP contribution in [-0.2, 0) is 0 Å². The Balaban J connectivity index is 3.32. The Morgan fingerprint density at radius 1 is 0.692 bits per heavy atom. The number of hydrogen-bond acceptors (Lipinski definition) is 6. The van der Waals surface area contributed by atoms with Crippen LogP contribution in [0.1, 0.15) is 54.3 Å². The molecule has 0 saturated heterocycles. The summed E-state index contributed by atoms with van der Waals surface area (Å²) in [6.45, 7) is -0.203. The number of aliphatic hydroxyl groups excluding tert-OH is 2. The summed E-state index contributed by atoms with van der Waals surface area (Å²) in [7, 11) is 0. The van der Waals surface area contributed by atoms with Crippen LogP contribution in [0, 0.1) is 0 Å². The molecule has 1 aromatic rings. The molecule has 0 aliphatic rings. The second-order valence-corrected chi connectivity index (χ2v) is 5.22. The van der Waals surface area contributed by atoms with Crippen LogP contribution in [0.15, 0.2) is 12.1 Å². The average molecular weight is 368 g/mol. The number of aliphatic hydroxyl groups is 2. The fourth-order valence-corrected chi connectivity index (χ4v) is 2.08. The van der Waals surface area contributed by atoms with E-state index in [0.717, 1.165) is 12.1 Å². The Kier molecular flexibility index (Phi) is 8.19. The summed E-state index contributed by atoms with van der Waals surface area (Å²) in [4.78, 5) is 47.1. The molecule has 0 fully saturated rings. The maximum absolute atomic E-state index is 12.2. The second kappa shape index (κ2) is 10.1. The minimum atomic E-state index is -1.52. The minimum absolute atomic E-state index is 0.0765. The van der Waals surface area contributed by atoms with Crippen molar-refractivity contribution in [3.8, 4) is 0 Å². The number of hydrogen-bond donors (Lipinski definition) is 6. The number of carbonyl (C=O) groups is 4. The van der Waals surface area contributed by atoms with Crippen LogP contribution in [0.2, 0.25) is 0 Å². The summed E-state index contributed by atoms with van der Waals surface area (Å²) in [6.07, 6.45) is 0.492. The monoisotopic (exact) mass is 368 g/mol. The van der Waals surface area contributed by atoms with Crippen LogP contribution in [0.4, 0.5) is 0 Å². The number of carboxylic acid groups (broad SMARTS) is 2. The predicted molar refractivity (Wildman–Crippen MR) is 88.4 cm³/mol. The van der Waals surface area contributed by atoms with Crippen molar-refractivity contribution < 1.29 is 39.6 Å². The molecule has 0 heterocycles. The highest BCUT2D eigenvalue weighted by Gasteiger charge is 2.25. The molecule has 10 nitrogen and oxygen atoms in total. The average Bonchev–Trinajstić information content (AvgIpc) is 2.60. The van der Waals surface area contributed by atoms with Crippen LogP contribution in [-0.4, -0.2) is 70.5 Å². The van der Waals surface area contributed by atoms with E-state index in [4.69, 9.17) is 10.2 Å². The van der Waals surface area contributed by atoms with Gasteiger partial charge in [-0.1, -0.05) is 0 Å². The van der Waals surface area contributed by atoms with E-state index in [-0.39, 0.29) is 50.3 Å². The van der Waals surface area contributed by atoms with Crippen LogP contribution >= 0.6 is 0 Å². The number of benzene rings is 1. The SMILES string of the molecule is O=C(O)c1cc(C(=O)O)c(C(=O)NCCCO)cc1C(=O)NCCCO. The maximum atomic E-state index is 12.2. The lowest BCUT2D eigenvalue weighted by Gasteiger charge is -2.13. The van der Waals surface area contributed by atoms with Gasteiger partial charge in [0.2, 0.25) is 0 Å². The van der Waals surface area contributed by atoms with Gasteiger partial charge in [-0.05, 0) is 25.0 Å². The van der Waals surface area contributed by atoms with Gasteiger partial charge in [-0.3, -0.25) is 9.59 Å². The molecule has 0 radical (unpaired) electrons. The van der Waals surface area contributed by atoms with E-state index >= 15 is 0 Å². The molecule has 0 bridgehead atoms. The fourth-order valence-electron chi connectivity index (χ4n) is 2.08. The van der Waals surface area contributed by atoms with Crippen molar-refractivity contribution >= 4 is 23.8 Å². The molecule has 0 aromatic heterocycles. The van der Waals surface area contributed by atoms with Crippen molar-refractivity contribution in [1.29, 1.82) is 0 Å². The molecule has 1 rings (SSSR count). The Labute approximate surface area is 148 Å². The third-order valence-electron chi connectivity index (χ3n) is 3.35. The summed E-state index contributed by atoms with van der Waals surface area (Å²) in [5.41, 5.74) is -1.85. The van der Waals surface area contributed by atoms with Gasteiger partial charge in [0.05, 0.1) is 22.3 Å². The lowest BCUT2D eigenvalue weighted by molar-refractivity contribution is 0.0687. The molecule has 0 aliphatic carbocycles. The zero-order valence-corrected chi connectivity index (χ0v) is 13.8. The van der Waals surface area contributed by atoms with Gasteiger partial charge in [0, 0.05) is 26.3 Å². The number of carbonyl (C=O) groups excluding carboxylic acids is 2.